The third kappa shape index (κ3) is 5.29. The number of halogens is 2. The zero-order valence-electron chi connectivity index (χ0n) is 15.6. The Bertz CT molecular complexity index is 907. The molecule has 0 spiro atoms. The van der Waals surface area contributed by atoms with Gasteiger partial charge < -0.3 is 4.90 Å². The fourth-order valence-corrected chi connectivity index (χ4v) is 5.19. The third-order valence-corrected chi connectivity index (χ3v) is 6.98. The molecule has 0 atom stereocenters. The van der Waals surface area contributed by atoms with E-state index >= 15 is 0 Å². The van der Waals surface area contributed by atoms with E-state index in [2.05, 4.69) is 53.7 Å². The highest BCUT2D eigenvalue weighted by Crippen LogP contribution is 2.32. The standard InChI is InChI=1S/C19H22BrN3OS2.ClH/c1-4-22(5-2)10-11-23(18(24)15-8-9-17(20)25-15)19-21-14-7-6-13(3)12-16(14)26-19;/h6-9,12H,4-5,10-11H2,1-3H3;1H. The molecule has 8 heteroatoms. The Hall–Kier alpha value is -0.990. The molecular weight excluding hydrogens is 466 g/mol. The quantitative estimate of drug-likeness (QED) is 0.419. The van der Waals surface area contributed by atoms with Crippen LogP contribution in [-0.4, -0.2) is 42.0 Å². The molecule has 0 saturated heterocycles. The molecule has 0 N–H and O–H groups in total. The number of aryl methyl sites for hydroxylation is 1. The predicted molar refractivity (Wildman–Crippen MR) is 123 cm³/mol. The van der Waals surface area contributed by atoms with Gasteiger partial charge in [0.05, 0.1) is 18.9 Å². The fourth-order valence-electron chi connectivity index (χ4n) is 2.76. The summed E-state index contributed by atoms with van der Waals surface area (Å²) >= 11 is 6.50. The number of fused-ring (bicyclic) bond motifs is 1. The molecule has 0 aliphatic carbocycles. The topological polar surface area (TPSA) is 36.4 Å². The van der Waals surface area contributed by atoms with Gasteiger partial charge in [0.1, 0.15) is 0 Å². The van der Waals surface area contributed by atoms with Crippen molar-refractivity contribution in [2.24, 2.45) is 0 Å². The van der Waals surface area contributed by atoms with E-state index < -0.39 is 0 Å². The number of likely N-dealkylation sites (N-methyl/N-ethyl adjacent to an activating group) is 1. The minimum Gasteiger partial charge on any atom is -0.302 e. The normalized spacial score (nSPS) is 11.0. The Morgan fingerprint density at radius 3 is 2.48 bits per heavy atom. The molecule has 0 unspecified atom stereocenters. The summed E-state index contributed by atoms with van der Waals surface area (Å²) in [6, 6.07) is 10.0. The van der Waals surface area contributed by atoms with Crippen LogP contribution in [0.5, 0.6) is 0 Å². The van der Waals surface area contributed by atoms with Crippen LogP contribution < -0.4 is 4.90 Å². The van der Waals surface area contributed by atoms with E-state index in [1.807, 2.05) is 23.1 Å². The van der Waals surface area contributed by atoms with Gasteiger partial charge in [-0.25, -0.2) is 4.98 Å². The fraction of sp³-hybridized carbons (Fsp3) is 0.368. The number of hydrogen-bond acceptors (Lipinski definition) is 5. The largest absolute Gasteiger partial charge is 0.302 e. The van der Waals surface area contributed by atoms with E-state index in [-0.39, 0.29) is 18.3 Å². The van der Waals surface area contributed by atoms with Crippen molar-refractivity contribution >= 4 is 72.3 Å². The van der Waals surface area contributed by atoms with Crippen LogP contribution >= 0.6 is 51.0 Å². The second-order valence-electron chi connectivity index (χ2n) is 6.06. The molecule has 2 aromatic heterocycles. The molecule has 0 fully saturated rings. The lowest BCUT2D eigenvalue weighted by Crippen LogP contribution is -2.38. The van der Waals surface area contributed by atoms with Gasteiger partial charge in [-0.1, -0.05) is 31.3 Å². The number of rotatable bonds is 7. The summed E-state index contributed by atoms with van der Waals surface area (Å²) in [7, 11) is 0. The summed E-state index contributed by atoms with van der Waals surface area (Å²) in [6.07, 6.45) is 0. The molecule has 3 rings (SSSR count). The van der Waals surface area contributed by atoms with Crippen molar-refractivity contribution in [3.05, 3.63) is 44.6 Å². The number of carbonyl (C=O) groups excluding carboxylic acids is 1. The molecule has 3 aromatic rings. The van der Waals surface area contributed by atoms with Gasteiger partial charge in [-0.2, -0.15) is 0 Å². The molecule has 0 radical (unpaired) electrons. The second kappa shape index (κ2) is 9.98. The lowest BCUT2D eigenvalue weighted by molar-refractivity contribution is 0.0987. The van der Waals surface area contributed by atoms with Crippen LogP contribution in [0.3, 0.4) is 0 Å². The Morgan fingerprint density at radius 2 is 1.85 bits per heavy atom. The van der Waals surface area contributed by atoms with Crippen molar-refractivity contribution in [2.75, 3.05) is 31.1 Å². The summed E-state index contributed by atoms with van der Waals surface area (Å²) in [5, 5.41) is 0.771. The van der Waals surface area contributed by atoms with Gasteiger partial charge in [0.25, 0.3) is 5.91 Å². The first kappa shape index (κ1) is 22.3. The van der Waals surface area contributed by atoms with Crippen molar-refractivity contribution in [3.8, 4) is 0 Å². The van der Waals surface area contributed by atoms with E-state index in [1.54, 1.807) is 11.3 Å². The van der Waals surface area contributed by atoms with Gasteiger partial charge in [0.15, 0.2) is 5.13 Å². The smallest absolute Gasteiger partial charge is 0.270 e. The first-order valence-corrected chi connectivity index (χ1v) is 11.1. The van der Waals surface area contributed by atoms with Crippen LogP contribution in [0.15, 0.2) is 34.1 Å². The van der Waals surface area contributed by atoms with Crippen LogP contribution in [0.1, 0.15) is 29.1 Å². The van der Waals surface area contributed by atoms with Gasteiger partial charge in [-0.15, -0.1) is 23.7 Å². The Balaban J connectivity index is 0.00000261. The molecule has 2 heterocycles. The molecule has 0 saturated carbocycles. The number of benzene rings is 1. The van der Waals surface area contributed by atoms with Crippen LogP contribution in [0.4, 0.5) is 5.13 Å². The highest BCUT2D eigenvalue weighted by atomic mass is 79.9. The molecule has 0 aliphatic heterocycles. The molecule has 4 nitrogen and oxygen atoms in total. The summed E-state index contributed by atoms with van der Waals surface area (Å²) in [6.45, 7) is 9.78. The third-order valence-electron chi connectivity index (χ3n) is 4.33. The van der Waals surface area contributed by atoms with Crippen LogP contribution in [0, 0.1) is 6.92 Å². The van der Waals surface area contributed by atoms with Gasteiger partial charge >= 0.3 is 0 Å². The van der Waals surface area contributed by atoms with Crippen molar-refractivity contribution < 1.29 is 4.79 Å². The Morgan fingerprint density at radius 1 is 1.11 bits per heavy atom. The molecule has 146 valence electrons. The number of hydrogen-bond donors (Lipinski definition) is 0. The maximum absolute atomic E-state index is 13.2. The second-order valence-corrected chi connectivity index (χ2v) is 9.53. The summed E-state index contributed by atoms with van der Waals surface area (Å²) in [5.41, 5.74) is 2.15. The molecule has 1 amide bonds. The lowest BCUT2D eigenvalue weighted by Gasteiger charge is -2.24. The Labute approximate surface area is 182 Å². The maximum Gasteiger partial charge on any atom is 0.270 e. The van der Waals surface area contributed by atoms with E-state index in [0.29, 0.717) is 6.54 Å². The first-order valence-electron chi connectivity index (χ1n) is 8.68. The number of thiazole rings is 1. The van der Waals surface area contributed by atoms with Crippen molar-refractivity contribution in [1.82, 2.24) is 9.88 Å². The number of nitrogens with zero attached hydrogens (tertiary/aromatic N) is 3. The zero-order chi connectivity index (χ0) is 18.7. The van der Waals surface area contributed by atoms with Crippen molar-refractivity contribution in [3.63, 3.8) is 0 Å². The molecule has 0 bridgehead atoms. The van der Waals surface area contributed by atoms with E-state index in [1.165, 1.54) is 16.9 Å². The lowest BCUT2D eigenvalue weighted by atomic mass is 10.2. The highest BCUT2D eigenvalue weighted by molar-refractivity contribution is 9.11. The molecule has 0 aliphatic rings. The number of carbonyl (C=O) groups is 1. The number of amides is 1. The monoisotopic (exact) mass is 487 g/mol. The number of thiophene rings is 1. The molecule has 1 aromatic carbocycles. The van der Waals surface area contributed by atoms with Crippen molar-refractivity contribution in [2.45, 2.75) is 20.8 Å². The Kier molecular flexibility index (Phi) is 8.24. The summed E-state index contributed by atoms with van der Waals surface area (Å²) in [5.74, 6) is 0.0173. The van der Waals surface area contributed by atoms with Gasteiger partial charge in [-0.05, 0) is 65.8 Å². The van der Waals surface area contributed by atoms with Crippen molar-refractivity contribution in [1.29, 1.82) is 0 Å². The first-order chi connectivity index (χ1) is 12.5. The summed E-state index contributed by atoms with van der Waals surface area (Å²) < 4.78 is 2.08. The minimum absolute atomic E-state index is 0. The average Bonchev–Trinajstić information content (AvgIpc) is 3.24. The van der Waals surface area contributed by atoms with E-state index in [9.17, 15) is 4.79 Å². The maximum atomic E-state index is 13.2. The van der Waals surface area contributed by atoms with Crippen LogP contribution in [0.2, 0.25) is 0 Å². The minimum atomic E-state index is 0. The predicted octanol–water partition coefficient (Wildman–Crippen LogP) is 5.84. The van der Waals surface area contributed by atoms with Crippen LogP contribution in [-0.2, 0) is 0 Å². The molecule has 27 heavy (non-hydrogen) atoms. The summed E-state index contributed by atoms with van der Waals surface area (Å²) in [4.78, 5) is 22.8. The van der Waals surface area contributed by atoms with Crippen LogP contribution in [0.25, 0.3) is 10.2 Å². The van der Waals surface area contributed by atoms with E-state index in [4.69, 9.17) is 4.98 Å². The molecular formula is C19H23BrClN3OS2. The average molecular weight is 489 g/mol. The van der Waals surface area contributed by atoms with Gasteiger partial charge in [0, 0.05) is 13.1 Å². The highest BCUT2D eigenvalue weighted by Gasteiger charge is 2.23. The zero-order valence-corrected chi connectivity index (χ0v) is 19.6. The SMILES string of the molecule is CCN(CC)CCN(C(=O)c1ccc(Br)s1)c1nc2ccc(C)cc2s1.Cl. The van der Waals surface area contributed by atoms with Gasteiger partial charge in [-0.3, -0.25) is 9.69 Å². The van der Waals surface area contributed by atoms with E-state index in [0.717, 1.165) is 43.6 Å². The number of aromatic nitrogens is 1. The van der Waals surface area contributed by atoms with Gasteiger partial charge in [0.2, 0.25) is 0 Å². The number of anilines is 1.